The molecule has 2 fully saturated rings. The van der Waals surface area contributed by atoms with E-state index in [4.69, 9.17) is 4.74 Å². The number of hydrogen-bond acceptors (Lipinski definition) is 6. The highest BCUT2D eigenvalue weighted by Crippen LogP contribution is 2.35. The van der Waals surface area contributed by atoms with Crippen LogP contribution in [-0.2, 0) is 14.4 Å². The standard InChI is InChI=1S/C23H26F3N3O4/c24-23(25,26)15-33-20-8-4-3-7-19(20)28-11-9-27(10-12-28)13-16(30)14-29-21(31)17-5-1-2-6-18(17)22(29)32/h1-4,7-8,17-18H,5-6,9-15H2. The molecule has 2 amide bonds. The number of alkyl halides is 3. The lowest BCUT2D eigenvalue weighted by atomic mass is 9.85. The number of fused-ring (bicyclic) bond motifs is 1. The Bertz CT molecular complexity index is 915. The maximum absolute atomic E-state index is 12.6. The Balaban J connectivity index is 1.28. The zero-order valence-electron chi connectivity index (χ0n) is 18.1. The van der Waals surface area contributed by atoms with Gasteiger partial charge >= 0.3 is 6.18 Å². The van der Waals surface area contributed by atoms with Crippen LogP contribution in [0.4, 0.5) is 18.9 Å². The molecule has 3 aliphatic rings. The van der Waals surface area contributed by atoms with Crippen LogP contribution in [0.1, 0.15) is 12.8 Å². The fourth-order valence-corrected chi connectivity index (χ4v) is 4.65. The molecule has 1 aromatic carbocycles. The second-order valence-corrected chi connectivity index (χ2v) is 8.59. The molecule has 2 saturated heterocycles. The number of Topliss-reactive ketones (excluding diaryl/α,β-unsaturated/α-hetero) is 1. The number of benzene rings is 1. The Morgan fingerprint density at radius 2 is 1.55 bits per heavy atom. The van der Waals surface area contributed by atoms with Crippen molar-refractivity contribution in [2.24, 2.45) is 11.8 Å². The summed E-state index contributed by atoms with van der Waals surface area (Å²) < 4.78 is 42.6. The highest BCUT2D eigenvalue weighted by atomic mass is 19.4. The summed E-state index contributed by atoms with van der Waals surface area (Å²) in [6, 6.07) is 6.58. The summed E-state index contributed by atoms with van der Waals surface area (Å²) in [4.78, 5) is 42.7. The number of halogens is 3. The third-order valence-electron chi connectivity index (χ3n) is 6.30. The van der Waals surface area contributed by atoms with E-state index >= 15 is 0 Å². The minimum Gasteiger partial charge on any atom is -0.482 e. The number of imide groups is 1. The number of nitrogens with zero attached hydrogens (tertiary/aromatic N) is 3. The minimum absolute atomic E-state index is 0.116. The predicted molar refractivity (Wildman–Crippen MR) is 114 cm³/mol. The van der Waals surface area contributed by atoms with Crippen LogP contribution in [0.5, 0.6) is 5.75 Å². The normalized spacial score (nSPS) is 23.7. The minimum atomic E-state index is -4.42. The van der Waals surface area contributed by atoms with Crippen LogP contribution in [0.2, 0.25) is 0 Å². The van der Waals surface area contributed by atoms with E-state index in [-0.39, 0.29) is 48.3 Å². The first-order valence-electron chi connectivity index (χ1n) is 11.0. The summed E-state index contributed by atoms with van der Waals surface area (Å²) >= 11 is 0. The number of ketones is 1. The van der Waals surface area contributed by atoms with E-state index in [9.17, 15) is 27.6 Å². The molecule has 10 heteroatoms. The van der Waals surface area contributed by atoms with Crippen molar-refractivity contribution < 1.29 is 32.3 Å². The summed E-state index contributed by atoms with van der Waals surface area (Å²) in [6.45, 7) is 0.620. The maximum Gasteiger partial charge on any atom is 0.422 e. The number of piperazine rings is 1. The van der Waals surface area contributed by atoms with E-state index in [1.54, 1.807) is 18.2 Å². The van der Waals surface area contributed by atoms with E-state index in [0.717, 1.165) is 4.90 Å². The number of para-hydroxylation sites is 2. The third-order valence-corrected chi connectivity index (χ3v) is 6.30. The maximum atomic E-state index is 12.6. The molecule has 7 nitrogen and oxygen atoms in total. The molecule has 0 bridgehead atoms. The zero-order valence-corrected chi connectivity index (χ0v) is 18.1. The van der Waals surface area contributed by atoms with Crippen LogP contribution in [-0.4, -0.2) is 79.4 Å². The van der Waals surface area contributed by atoms with Crippen molar-refractivity contribution in [1.82, 2.24) is 9.80 Å². The topological polar surface area (TPSA) is 70.2 Å². The SMILES string of the molecule is O=C(CN1CCN(c2ccccc2OCC(F)(F)F)CC1)CN1C(=O)C2CC=CCC2C1=O. The Morgan fingerprint density at radius 1 is 0.939 bits per heavy atom. The van der Waals surface area contributed by atoms with Crippen LogP contribution < -0.4 is 9.64 Å². The van der Waals surface area contributed by atoms with E-state index in [1.807, 2.05) is 22.0 Å². The molecule has 1 aromatic rings. The molecule has 33 heavy (non-hydrogen) atoms. The first-order chi connectivity index (χ1) is 15.7. The van der Waals surface area contributed by atoms with Crippen LogP contribution in [0, 0.1) is 11.8 Å². The van der Waals surface area contributed by atoms with Crippen molar-refractivity contribution in [2.45, 2.75) is 19.0 Å². The van der Waals surface area contributed by atoms with Crippen molar-refractivity contribution in [3.63, 3.8) is 0 Å². The lowest BCUT2D eigenvalue weighted by Crippen LogP contribution is -2.49. The monoisotopic (exact) mass is 465 g/mol. The van der Waals surface area contributed by atoms with Gasteiger partial charge in [0.1, 0.15) is 5.75 Å². The molecule has 0 spiro atoms. The Morgan fingerprint density at radius 3 is 2.15 bits per heavy atom. The summed E-state index contributed by atoms with van der Waals surface area (Å²) in [5.41, 5.74) is 0.581. The second-order valence-electron chi connectivity index (χ2n) is 8.59. The molecule has 178 valence electrons. The third kappa shape index (κ3) is 5.38. The molecule has 1 aliphatic carbocycles. The molecule has 4 rings (SSSR count). The van der Waals surface area contributed by atoms with Gasteiger partial charge in [-0.05, 0) is 25.0 Å². The van der Waals surface area contributed by atoms with Crippen LogP contribution in [0.3, 0.4) is 0 Å². The van der Waals surface area contributed by atoms with Gasteiger partial charge in [0, 0.05) is 26.2 Å². The van der Waals surface area contributed by atoms with Gasteiger partial charge in [-0.1, -0.05) is 24.3 Å². The average Bonchev–Trinajstić information content (AvgIpc) is 3.03. The van der Waals surface area contributed by atoms with Crippen molar-refractivity contribution in [1.29, 1.82) is 0 Å². The number of ether oxygens (including phenoxy) is 1. The molecular formula is C23H26F3N3O4. The number of hydrogen-bond donors (Lipinski definition) is 0. The Hall–Kier alpha value is -2.88. The largest absolute Gasteiger partial charge is 0.482 e. The molecule has 2 heterocycles. The van der Waals surface area contributed by atoms with Crippen LogP contribution >= 0.6 is 0 Å². The smallest absolute Gasteiger partial charge is 0.422 e. The fraction of sp³-hybridized carbons (Fsp3) is 0.522. The number of anilines is 1. The van der Waals surface area contributed by atoms with Gasteiger partial charge in [0.05, 0.1) is 30.6 Å². The summed E-state index contributed by atoms with van der Waals surface area (Å²) in [5.74, 6) is -1.25. The molecule has 0 saturated carbocycles. The molecule has 2 atom stereocenters. The van der Waals surface area contributed by atoms with E-state index < -0.39 is 12.8 Å². The van der Waals surface area contributed by atoms with Gasteiger partial charge in [-0.15, -0.1) is 0 Å². The highest BCUT2D eigenvalue weighted by molar-refractivity contribution is 6.07. The Labute approximate surface area is 189 Å². The molecular weight excluding hydrogens is 439 g/mol. The van der Waals surface area contributed by atoms with Gasteiger partial charge in [0.15, 0.2) is 12.4 Å². The van der Waals surface area contributed by atoms with Gasteiger partial charge in [0.2, 0.25) is 11.8 Å². The number of carbonyl (C=O) groups excluding carboxylic acids is 3. The first kappa shape index (κ1) is 23.3. The number of likely N-dealkylation sites (tertiary alicyclic amines) is 1. The molecule has 2 unspecified atom stereocenters. The van der Waals surface area contributed by atoms with Crippen molar-refractivity contribution in [2.75, 3.05) is 50.8 Å². The highest BCUT2D eigenvalue weighted by Gasteiger charge is 2.47. The van der Waals surface area contributed by atoms with Gasteiger partial charge in [-0.3, -0.25) is 24.2 Å². The molecule has 0 N–H and O–H groups in total. The van der Waals surface area contributed by atoms with Crippen LogP contribution in [0.15, 0.2) is 36.4 Å². The summed E-state index contributed by atoms with van der Waals surface area (Å²) in [5, 5.41) is 0. The summed E-state index contributed by atoms with van der Waals surface area (Å²) in [7, 11) is 0. The van der Waals surface area contributed by atoms with E-state index in [0.29, 0.717) is 44.7 Å². The van der Waals surface area contributed by atoms with E-state index in [1.165, 1.54) is 6.07 Å². The van der Waals surface area contributed by atoms with Crippen molar-refractivity contribution >= 4 is 23.3 Å². The lowest BCUT2D eigenvalue weighted by molar-refractivity contribution is -0.153. The van der Waals surface area contributed by atoms with Gasteiger partial charge in [-0.25, -0.2) is 0 Å². The average molecular weight is 465 g/mol. The van der Waals surface area contributed by atoms with Crippen molar-refractivity contribution in [3.8, 4) is 5.75 Å². The predicted octanol–water partition coefficient (Wildman–Crippen LogP) is 2.27. The van der Waals surface area contributed by atoms with Crippen molar-refractivity contribution in [3.05, 3.63) is 36.4 Å². The van der Waals surface area contributed by atoms with Gasteiger partial charge in [-0.2, -0.15) is 13.2 Å². The lowest BCUT2D eigenvalue weighted by Gasteiger charge is -2.36. The Kier molecular flexibility index (Phi) is 6.73. The zero-order chi connectivity index (χ0) is 23.6. The molecule has 2 aliphatic heterocycles. The number of amides is 2. The number of rotatable bonds is 7. The molecule has 0 radical (unpaired) electrons. The van der Waals surface area contributed by atoms with E-state index in [2.05, 4.69) is 0 Å². The summed E-state index contributed by atoms with van der Waals surface area (Å²) in [6.07, 6.45) is 0.470. The molecule has 0 aromatic heterocycles. The quantitative estimate of drug-likeness (QED) is 0.455. The van der Waals surface area contributed by atoms with Gasteiger partial charge < -0.3 is 9.64 Å². The van der Waals surface area contributed by atoms with Gasteiger partial charge in [0.25, 0.3) is 0 Å². The second kappa shape index (κ2) is 9.54. The fourth-order valence-electron chi connectivity index (χ4n) is 4.65. The number of carbonyl (C=O) groups is 3. The first-order valence-corrected chi connectivity index (χ1v) is 11.0. The number of allylic oxidation sites excluding steroid dienone is 2. The van der Waals surface area contributed by atoms with Crippen LogP contribution in [0.25, 0.3) is 0 Å².